The molecule has 2 rings (SSSR count). The summed E-state index contributed by atoms with van der Waals surface area (Å²) in [4.78, 5) is 29.7. The van der Waals surface area contributed by atoms with Crippen LogP contribution in [0.1, 0.15) is 39.2 Å². The predicted molar refractivity (Wildman–Crippen MR) is 109 cm³/mol. The first-order valence-corrected chi connectivity index (χ1v) is 9.57. The largest absolute Gasteiger partial charge is 0.352 e. The molecule has 1 atom stereocenters. The van der Waals surface area contributed by atoms with Crippen LogP contribution in [0.25, 0.3) is 0 Å². The average Bonchev–Trinajstić information content (AvgIpc) is 3.14. The van der Waals surface area contributed by atoms with Gasteiger partial charge in [-0.05, 0) is 24.1 Å². The van der Waals surface area contributed by atoms with Gasteiger partial charge in [-0.25, -0.2) is 0 Å². The standard InChI is InChI=1S/C20H31N5O2/c1-5-18(26)25-11-10-17(13-25)24-20(21-4)22-12-15-6-8-16(9-7-15)23-19(27)14(2)3/h6-9,14,17H,5,10-13H2,1-4H3,(H,23,27)(H2,21,22,24). The molecule has 0 spiro atoms. The quantitative estimate of drug-likeness (QED) is 0.526. The van der Waals surface area contributed by atoms with Gasteiger partial charge in [0.1, 0.15) is 0 Å². The molecule has 7 heteroatoms. The fraction of sp³-hybridized carbons (Fsp3) is 0.550. The molecule has 2 amide bonds. The topological polar surface area (TPSA) is 85.8 Å². The van der Waals surface area contributed by atoms with E-state index in [1.807, 2.05) is 49.9 Å². The van der Waals surface area contributed by atoms with Crippen LogP contribution in [0.4, 0.5) is 5.69 Å². The SMILES string of the molecule is CCC(=O)N1CCC(NC(=NC)NCc2ccc(NC(=O)C(C)C)cc2)C1. The van der Waals surface area contributed by atoms with Crippen LogP contribution in [0, 0.1) is 5.92 Å². The van der Waals surface area contributed by atoms with E-state index in [0.29, 0.717) is 13.0 Å². The molecule has 0 aromatic heterocycles. The molecule has 3 N–H and O–H groups in total. The van der Waals surface area contributed by atoms with Crippen LogP contribution in [-0.2, 0) is 16.1 Å². The van der Waals surface area contributed by atoms with E-state index >= 15 is 0 Å². The highest BCUT2D eigenvalue weighted by Gasteiger charge is 2.25. The summed E-state index contributed by atoms with van der Waals surface area (Å²) in [5.74, 6) is 0.896. The number of benzene rings is 1. The van der Waals surface area contributed by atoms with Crippen molar-refractivity contribution in [2.24, 2.45) is 10.9 Å². The minimum atomic E-state index is -0.0418. The van der Waals surface area contributed by atoms with Gasteiger partial charge in [0.2, 0.25) is 11.8 Å². The highest BCUT2D eigenvalue weighted by atomic mass is 16.2. The second-order valence-corrected chi connectivity index (χ2v) is 7.09. The molecule has 0 saturated carbocycles. The monoisotopic (exact) mass is 373 g/mol. The van der Waals surface area contributed by atoms with Crippen LogP contribution in [0.2, 0.25) is 0 Å². The maximum Gasteiger partial charge on any atom is 0.226 e. The Morgan fingerprint density at radius 1 is 1.26 bits per heavy atom. The molecule has 0 radical (unpaired) electrons. The lowest BCUT2D eigenvalue weighted by Gasteiger charge is -2.19. The summed E-state index contributed by atoms with van der Waals surface area (Å²) >= 11 is 0. The number of carbonyl (C=O) groups excluding carboxylic acids is 2. The van der Waals surface area contributed by atoms with Crippen LogP contribution in [-0.4, -0.2) is 48.9 Å². The van der Waals surface area contributed by atoms with Gasteiger partial charge in [-0.1, -0.05) is 32.9 Å². The van der Waals surface area contributed by atoms with E-state index < -0.39 is 0 Å². The minimum absolute atomic E-state index is 0.0117. The summed E-state index contributed by atoms with van der Waals surface area (Å²) in [6.07, 6.45) is 1.48. The summed E-state index contributed by atoms with van der Waals surface area (Å²) in [5.41, 5.74) is 1.89. The van der Waals surface area contributed by atoms with Gasteiger partial charge in [0.05, 0.1) is 0 Å². The number of guanidine groups is 1. The van der Waals surface area contributed by atoms with Gasteiger partial charge in [0.15, 0.2) is 5.96 Å². The van der Waals surface area contributed by atoms with Crippen molar-refractivity contribution < 1.29 is 9.59 Å². The maximum atomic E-state index is 11.8. The zero-order valence-electron chi connectivity index (χ0n) is 16.7. The molecule has 1 saturated heterocycles. The van der Waals surface area contributed by atoms with Crippen molar-refractivity contribution in [3.63, 3.8) is 0 Å². The third-order valence-corrected chi connectivity index (χ3v) is 4.61. The first-order valence-electron chi connectivity index (χ1n) is 9.57. The molecule has 1 unspecified atom stereocenters. The molecular weight excluding hydrogens is 342 g/mol. The molecule has 1 aromatic rings. The molecule has 1 aliphatic heterocycles. The molecule has 1 aromatic carbocycles. The third-order valence-electron chi connectivity index (χ3n) is 4.61. The summed E-state index contributed by atoms with van der Waals surface area (Å²) in [6.45, 7) is 7.77. The fourth-order valence-corrected chi connectivity index (χ4v) is 2.89. The maximum absolute atomic E-state index is 11.8. The van der Waals surface area contributed by atoms with Crippen molar-refractivity contribution in [2.75, 3.05) is 25.5 Å². The van der Waals surface area contributed by atoms with Crippen molar-refractivity contribution >= 4 is 23.5 Å². The van der Waals surface area contributed by atoms with Gasteiger partial charge in [0, 0.05) is 50.7 Å². The Kier molecular flexibility index (Phi) is 7.64. The first-order chi connectivity index (χ1) is 12.9. The highest BCUT2D eigenvalue weighted by Crippen LogP contribution is 2.12. The Morgan fingerprint density at radius 3 is 2.56 bits per heavy atom. The lowest BCUT2D eigenvalue weighted by atomic mass is 10.1. The van der Waals surface area contributed by atoms with E-state index in [-0.39, 0.29) is 23.8 Å². The van der Waals surface area contributed by atoms with Crippen LogP contribution in [0.15, 0.2) is 29.3 Å². The molecule has 0 bridgehead atoms. The Bertz CT molecular complexity index is 669. The summed E-state index contributed by atoms with van der Waals surface area (Å²) < 4.78 is 0. The number of hydrogen-bond acceptors (Lipinski definition) is 3. The van der Waals surface area contributed by atoms with E-state index in [0.717, 1.165) is 36.7 Å². The second kappa shape index (κ2) is 9.94. The van der Waals surface area contributed by atoms with Crippen molar-refractivity contribution in [1.82, 2.24) is 15.5 Å². The number of rotatable bonds is 6. The molecule has 7 nitrogen and oxygen atoms in total. The zero-order chi connectivity index (χ0) is 19.8. The summed E-state index contributed by atoms with van der Waals surface area (Å²) in [6, 6.07) is 7.98. The smallest absolute Gasteiger partial charge is 0.226 e. The van der Waals surface area contributed by atoms with Crippen molar-refractivity contribution in [1.29, 1.82) is 0 Å². The van der Waals surface area contributed by atoms with E-state index in [9.17, 15) is 9.59 Å². The number of hydrogen-bond donors (Lipinski definition) is 3. The average molecular weight is 374 g/mol. The van der Waals surface area contributed by atoms with Crippen molar-refractivity contribution in [2.45, 2.75) is 46.2 Å². The molecule has 1 fully saturated rings. The van der Waals surface area contributed by atoms with Gasteiger partial charge < -0.3 is 20.9 Å². The van der Waals surface area contributed by atoms with Gasteiger partial charge in [0.25, 0.3) is 0 Å². The van der Waals surface area contributed by atoms with Crippen molar-refractivity contribution in [3.05, 3.63) is 29.8 Å². The molecule has 27 heavy (non-hydrogen) atoms. The lowest BCUT2D eigenvalue weighted by molar-refractivity contribution is -0.129. The van der Waals surface area contributed by atoms with Gasteiger partial charge in [-0.3, -0.25) is 14.6 Å². The van der Waals surface area contributed by atoms with Gasteiger partial charge in [-0.2, -0.15) is 0 Å². The van der Waals surface area contributed by atoms with E-state index in [2.05, 4.69) is 20.9 Å². The Balaban J connectivity index is 1.81. The third kappa shape index (κ3) is 6.27. The van der Waals surface area contributed by atoms with E-state index in [1.165, 1.54) is 0 Å². The highest BCUT2D eigenvalue weighted by molar-refractivity contribution is 5.92. The lowest BCUT2D eigenvalue weighted by Crippen LogP contribution is -2.44. The Hall–Kier alpha value is -2.57. The Labute approximate surface area is 161 Å². The summed E-state index contributed by atoms with van der Waals surface area (Å²) in [7, 11) is 1.74. The molecular formula is C20H31N5O2. The normalized spacial score (nSPS) is 17.1. The number of likely N-dealkylation sites (tertiary alicyclic amines) is 1. The zero-order valence-corrected chi connectivity index (χ0v) is 16.7. The first kappa shape index (κ1) is 20.7. The molecule has 0 aliphatic carbocycles. The van der Waals surface area contributed by atoms with Gasteiger partial charge in [-0.15, -0.1) is 0 Å². The fourth-order valence-electron chi connectivity index (χ4n) is 2.89. The van der Waals surface area contributed by atoms with E-state index in [1.54, 1.807) is 7.05 Å². The number of nitrogens with zero attached hydrogens (tertiary/aromatic N) is 2. The number of aliphatic imine (C=N–C) groups is 1. The minimum Gasteiger partial charge on any atom is -0.352 e. The van der Waals surface area contributed by atoms with Gasteiger partial charge >= 0.3 is 0 Å². The predicted octanol–water partition coefficient (Wildman–Crippen LogP) is 1.96. The second-order valence-electron chi connectivity index (χ2n) is 7.09. The Morgan fingerprint density at radius 2 is 1.96 bits per heavy atom. The molecule has 1 aliphatic rings. The van der Waals surface area contributed by atoms with Crippen LogP contribution in [0.3, 0.4) is 0 Å². The van der Waals surface area contributed by atoms with Crippen molar-refractivity contribution in [3.8, 4) is 0 Å². The van der Waals surface area contributed by atoms with Crippen LogP contribution in [0.5, 0.6) is 0 Å². The van der Waals surface area contributed by atoms with Crippen LogP contribution >= 0.6 is 0 Å². The number of anilines is 1. The number of nitrogens with one attached hydrogen (secondary N) is 3. The number of carbonyl (C=O) groups is 2. The molecule has 1 heterocycles. The number of amides is 2. The van der Waals surface area contributed by atoms with E-state index in [4.69, 9.17) is 0 Å². The van der Waals surface area contributed by atoms with Crippen LogP contribution < -0.4 is 16.0 Å². The molecule has 148 valence electrons. The summed E-state index contributed by atoms with van der Waals surface area (Å²) in [5, 5.41) is 9.56.